The van der Waals surface area contributed by atoms with Gasteiger partial charge in [-0.15, -0.1) is 8.78 Å². The number of anilines is 1. The molecule has 2 aromatic carbocycles. The highest BCUT2D eigenvalue weighted by molar-refractivity contribution is 5.99. The molecule has 0 saturated heterocycles. The number of rotatable bonds is 4. The molecule has 0 spiro atoms. The van der Waals surface area contributed by atoms with Crippen LogP contribution < -0.4 is 20.1 Å². The molecule has 136 valence electrons. The van der Waals surface area contributed by atoms with Crippen LogP contribution >= 0.6 is 0 Å². The molecule has 3 rings (SSSR count). The van der Waals surface area contributed by atoms with Crippen molar-refractivity contribution in [1.29, 1.82) is 0 Å². The van der Waals surface area contributed by atoms with Crippen LogP contribution in [0.1, 0.15) is 21.5 Å². The van der Waals surface area contributed by atoms with Crippen molar-refractivity contribution in [2.24, 2.45) is 0 Å². The molecule has 0 atom stereocenters. The Labute approximate surface area is 148 Å². The summed E-state index contributed by atoms with van der Waals surface area (Å²) in [5.74, 6) is -1.17. The van der Waals surface area contributed by atoms with Crippen molar-refractivity contribution < 1.29 is 27.8 Å². The summed E-state index contributed by atoms with van der Waals surface area (Å²) in [6, 6.07) is 9.26. The Hall–Kier alpha value is -3.16. The summed E-state index contributed by atoms with van der Waals surface area (Å²) < 4.78 is 34.6. The highest BCUT2D eigenvalue weighted by Gasteiger charge is 2.43. The van der Waals surface area contributed by atoms with E-state index in [2.05, 4.69) is 20.1 Å². The third-order valence-corrected chi connectivity index (χ3v) is 3.58. The quantitative estimate of drug-likeness (QED) is 0.877. The van der Waals surface area contributed by atoms with Crippen molar-refractivity contribution in [2.75, 3.05) is 11.9 Å². The number of ether oxygens (including phenoxy) is 2. The van der Waals surface area contributed by atoms with Gasteiger partial charge in [0, 0.05) is 17.3 Å². The van der Waals surface area contributed by atoms with Crippen LogP contribution in [0.25, 0.3) is 0 Å². The fourth-order valence-electron chi connectivity index (χ4n) is 2.60. The molecule has 1 aliphatic heterocycles. The maximum atomic E-state index is 13.0. The van der Waals surface area contributed by atoms with Gasteiger partial charge in [-0.05, 0) is 38.1 Å². The van der Waals surface area contributed by atoms with Gasteiger partial charge in [0.05, 0.1) is 6.54 Å². The van der Waals surface area contributed by atoms with Gasteiger partial charge in [-0.2, -0.15) is 0 Å². The average Bonchev–Trinajstić information content (AvgIpc) is 2.84. The molecule has 0 radical (unpaired) electrons. The topological polar surface area (TPSA) is 76.7 Å². The van der Waals surface area contributed by atoms with Gasteiger partial charge in [-0.3, -0.25) is 9.59 Å². The summed E-state index contributed by atoms with van der Waals surface area (Å²) in [6.07, 6.45) is -3.72. The van der Waals surface area contributed by atoms with Crippen LogP contribution in [0, 0.1) is 13.8 Å². The van der Waals surface area contributed by atoms with E-state index in [9.17, 15) is 18.4 Å². The normalized spacial score (nSPS) is 14.0. The van der Waals surface area contributed by atoms with E-state index in [4.69, 9.17) is 0 Å². The predicted molar refractivity (Wildman–Crippen MR) is 89.5 cm³/mol. The lowest BCUT2D eigenvalue weighted by molar-refractivity contribution is -0.286. The molecular weight excluding hydrogens is 346 g/mol. The van der Waals surface area contributed by atoms with Crippen LogP contribution in [0.5, 0.6) is 11.5 Å². The van der Waals surface area contributed by atoms with E-state index < -0.39 is 12.2 Å². The van der Waals surface area contributed by atoms with Gasteiger partial charge in [-0.25, -0.2) is 0 Å². The van der Waals surface area contributed by atoms with Crippen LogP contribution in [0.3, 0.4) is 0 Å². The second-order valence-corrected chi connectivity index (χ2v) is 5.94. The number of halogens is 2. The number of carbonyl (C=O) groups excluding carboxylic acids is 2. The molecular formula is C18H16F2N2O4. The lowest BCUT2D eigenvalue weighted by Gasteiger charge is -2.08. The monoisotopic (exact) mass is 362 g/mol. The van der Waals surface area contributed by atoms with Crippen molar-refractivity contribution in [1.82, 2.24) is 5.32 Å². The largest absolute Gasteiger partial charge is 0.586 e. The van der Waals surface area contributed by atoms with Crippen molar-refractivity contribution in [3.05, 3.63) is 53.1 Å². The fraction of sp³-hybridized carbons (Fsp3) is 0.222. The number of carbonyl (C=O) groups is 2. The maximum Gasteiger partial charge on any atom is 0.586 e. The number of amides is 2. The third kappa shape index (κ3) is 4.08. The van der Waals surface area contributed by atoms with E-state index >= 15 is 0 Å². The maximum absolute atomic E-state index is 13.0. The molecule has 0 unspecified atom stereocenters. The van der Waals surface area contributed by atoms with Gasteiger partial charge in [0.25, 0.3) is 5.91 Å². The molecule has 0 bridgehead atoms. The molecule has 1 heterocycles. The van der Waals surface area contributed by atoms with Crippen LogP contribution in [0.4, 0.5) is 14.5 Å². The zero-order valence-corrected chi connectivity index (χ0v) is 14.1. The fourth-order valence-corrected chi connectivity index (χ4v) is 2.60. The second kappa shape index (κ2) is 6.62. The minimum absolute atomic E-state index is 0.115. The molecule has 0 fully saturated rings. The highest BCUT2D eigenvalue weighted by atomic mass is 19.3. The number of hydrogen-bond acceptors (Lipinski definition) is 4. The number of aryl methyl sites for hydroxylation is 2. The predicted octanol–water partition coefficient (Wildman–Crippen LogP) is 2.99. The molecule has 0 aromatic heterocycles. The Morgan fingerprint density at radius 2 is 1.65 bits per heavy atom. The zero-order valence-electron chi connectivity index (χ0n) is 14.1. The minimum atomic E-state index is -3.72. The van der Waals surface area contributed by atoms with Gasteiger partial charge >= 0.3 is 6.29 Å². The molecule has 2 N–H and O–H groups in total. The number of hydrogen-bond donors (Lipinski definition) is 2. The molecule has 0 saturated carbocycles. The van der Waals surface area contributed by atoms with Gasteiger partial charge in [0.2, 0.25) is 5.91 Å². The van der Waals surface area contributed by atoms with E-state index in [1.807, 2.05) is 19.9 Å². The lowest BCUT2D eigenvalue weighted by atomic mass is 10.1. The molecule has 26 heavy (non-hydrogen) atoms. The van der Waals surface area contributed by atoms with E-state index in [-0.39, 0.29) is 29.6 Å². The second-order valence-electron chi connectivity index (χ2n) is 5.94. The van der Waals surface area contributed by atoms with E-state index in [0.29, 0.717) is 5.56 Å². The van der Waals surface area contributed by atoms with Crippen LogP contribution in [-0.2, 0) is 4.79 Å². The highest BCUT2D eigenvalue weighted by Crippen LogP contribution is 2.42. The van der Waals surface area contributed by atoms with Crippen molar-refractivity contribution >= 4 is 17.5 Å². The zero-order chi connectivity index (χ0) is 18.9. The van der Waals surface area contributed by atoms with Crippen LogP contribution in [-0.4, -0.2) is 24.7 Å². The minimum Gasteiger partial charge on any atom is -0.395 e. The lowest BCUT2D eigenvalue weighted by Crippen LogP contribution is -2.32. The standard InChI is InChI=1S/C18H16F2N2O4/c1-10-5-11(2)7-12(6-10)17(24)21-9-16(23)22-13-3-4-14-15(8-13)26-18(19,20)25-14/h3-8H,9H2,1-2H3,(H,21,24)(H,22,23). The molecule has 6 nitrogen and oxygen atoms in total. The van der Waals surface area contributed by atoms with Crippen LogP contribution in [0.15, 0.2) is 36.4 Å². The average molecular weight is 362 g/mol. The third-order valence-electron chi connectivity index (χ3n) is 3.58. The van der Waals surface area contributed by atoms with E-state index in [1.54, 1.807) is 12.1 Å². The Balaban J connectivity index is 1.57. The molecule has 2 aromatic rings. The van der Waals surface area contributed by atoms with Crippen molar-refractivity contribution in [3.8, 4) is 11.5 Å². The van der Waals surface area contributed by atoms with Crippen molar-refractivity contribution in [3.63, 3.8) is 0 Å². The van der Waals surface area contributed by atoms with E-state index in [1.165, 1.54) is 18.2 Å². The Kier molecular flexibility index (Phi) is 4.50. The van der Waals surface area contributed by atoms with Crippen LogP contribution in [0.2, 0.25) is 0 Å². The van der Waals surface area contributed by atoms with Gasteiger partial charge < -0.3 is 20.1 Å². The first-order valence-corrected chi connectivity index (χ1v) is 7.78. The van der Waals surface area contributed by atoms with E-state index in [0.717, 1.165) is 11.1 Å². The van der Waals surface area contributed by atoms with Gasteiger partial charge in [0.15, 0.2) is 11.5 Å². The summed E-state index contributed by atoms with van der Waals surface area (Å²) in [5, 5.41) is 5.01. The smallest absolute Gasteiger partial charge is 0.395 e. The van der Waals surface area contributed by atoms with Crippen molar-refractivity contribution in [2.45, 2.75) is 20.1 Å². The SMILES string of the molecule is Cc1cc(C)cc(C(=O)NCC(=O)Nc2ccc3c(c2)OC(F)(F)O3)c1. The Morgan fingerprint density at radius 1 is 1.00 bits per heavy atom. The summed E-state index contributed by atoms with van der Waals surface area (Å²) in [4.78, 5) is 24.1. The summed E-state index contributed by atoms with van der Waals surface area (Å²) >= 11 is 0. The number of nitrogens with one attached hydrogen (secondary N) is 2. The molecule has 2 amide bonds. The number of benzene rings is 2. The first kappa shape index (κ1) is 17.7. The summed E-state index contributed by atoms with van der Waals surface area (Å²) in [7, 11) is 0. The number of fused-ring (bicyclic) bond motifs is 1. The Bertz CT molecular complexity index is 863. The molecule has 0 aliphatic carbocycles. The summed E-state index contributed by atoms with van der Waals surface area (Å²) in [5.41, 5.74) is 2.59. The first-order chi connectivity index (χ1) is 12.2. The van der Waals surface area contributed by atoms with Gasteiger partial charge in [0.1, 0.15) is 0 Å². The Morgan fingerprint density at radius 3 is 2.35 bits per heavy atom. The number of alkyl halides is 2. The van der Waals surface area contributed by atoms with Gasteiger partial charge in [-0.1, -0.05) is 17.2 Å². The first-order valence-electron chi connectivity index (χ1n) is 7.78. The summed E-state index contributed by atoms with van der Waals surface area (Å²) in [6.45, 7) is 3.48. The molecule has 1 aliphatic rings. The molecule has 8 heteroatoms.